The molecule has 0 atom stereocenters. The van der Waals surface area contributed by atoms with Crippen LogP contribution in [-0.4, -0.2) is 7.11 Å². The van der Waals surface area contributed by atoms with E-state index in [4.69, 9.17) is 15.2 Å². The second-order valence-corrected chi connectivity index (χ2v) is 4.57. The molecule has 0 aliphatic heterocycles. The van der Waals surface area contributed by atoms with Crippen molar-refractivity contribution in [3.63, 3.8) is 0 Å². The number of benzene rings is 2. The highest BCUT2D eigenvalue weighted by atomic mass is 19.1. The monoisotopic (exact) mass is 275 g/mol. The number of ether oxygens (including phenoxy) is 2. The van der Waals surface area contributed by atoms with E-state index in [0.717, 1.165) is 11.1 Å². The van der Waals surface area contributed by atoms with Crippen LogP contribution in [0.2, 0.25) is 0 Å². The van der Waals surface area contributed by atoms with Crippen molar-refractivity contribution in [2.24, 2.45) is 5.73 Å². The maximum Gasteiger partial charge on any atom is 0.161 e. The Morgan fingerprint density at radius 2 is 1.90 bits per heavy atom. The molecule has 3 nitrogen and oxygen atoms in total. The average Bonchev–Trinajstić information content (AvgIpc) is 2.47. The maximum atomic E-state index is 13.4. The number of hydrogen-bond donors (Lipinski definition) is 1. The third-order valence-corrected chi connectivity index (χ3v) is 3.04. The van der Waals surface area contributed by atoms with Crippen molar-refractivity contribution in [2.45, 2.75) is 20.1 Å². The van der Waals surface area contributed by atoms with E-state index in [-0.39, 0.29) is 12.4 Å². The Morgan fingerprint density at radius 1 is 1.10 bits per heavy atom. The minimum Gasteiger partial charge on any atom is -0.493 e. The molecule has 0 aliphatic rings. The van der Waals surface area contributed by atoms with Gasteiger partial charge in [0.05, 0.1) is 7.11 Å². The van der Waals surface area contributed by atoms with Gasteiger partial charge in [0.2, 0.25) is 0 Å². The first-order chi connectivity index (χ1) is 9.63. The number of aryl methyl sites for hydroxylation is 1. The summed E-state index contributed by atoms with van der Waals surface area (Å²) in [4.78, 5) is 0. The molecule has 0 aromatic heterocycles. The number of hydrogen-bond acceptors (Lipinski definition) is 3. The van der Waals surface area contributed by atoms with Gasteiger partial charge in [-0.05, 0) is 42.3 Å². The zero-order valence-corrected chi connectivity index (χ0v) is 11.7. The van der Waals surface area contributed by atoms with Crippen molar-refractivity contribution < 1.29 is 13.9 Å². The quantitative estimate of drug-likeness (QED) is 0.911. The standard InChI is InChI=1S/C16H18FNO2/c1-11-3-6-15(16(7-11)19-2)20-10-12-4-5-14(17)13(8-12)9-18/h3-8H,9-10,18H2,1-2H3. The molecule has 0 bridgehead atoms. The Balaban J connectivity index is 2.12. The van der Waals surface area contributed by atoms with Crippen LogP contribution >= 0.6 is 0 Å². The largest absolute Gasteiger partial charge is 0.493 e. The van der Waals surface area contributed by atoms with Gasteiger partial charge in [-0.3, -0.25) is 0 Å². The number of nitrogens with two attached hydrogens (primary N) is 1. The first kappa shape index (κ1) is 14.3. The van der Waals surface area contributed by atoms with Crippen LogP contribution in [0.25, 0.3) is 0 Å². The molecule has 106 valence electrons. The van der Waals surface area contributed by atoms with Gasteiger partial charge in [-0.2, -0.15) is 0 Å². The normalized spacial score (nSPS) is 10.4. The molecule has 0 aliphatic carbocycles. The molecule has 4 heteroatoms. The van der Waals surface area contributed by atoms with E-state index in [1.807, 2.05) is 25.1 Å². The lowest BCUT2D eigenvalue weighted by Gasteiger charge is -2.12. The van der Waals surface area contributed by atoms with E-state index in [1.54, 1.807) is 19.2 Å². The van der Waals surface area contributed by atoms with Crippen molar-refractivity contribution in [3.8, 4) is 11.5 Å². The number of methoxy groups -OCH3 is 1. The van der Waals surface area contributed by atoms with Gasteiger partial charge in [-0.15, -0.1) is 0 Å². The Hall–Kier alpha value is -2.07. The maximum absolute atomic E-state index is 13.4. The van der Waals surface area contributed by atoms with E-state index < -0.39 is 0 Å². The van der Waals surface area contributed by atoms with E-state index in [0.29, 0.717) is 23.7 Å². The zero-order valence-electron chi connectivity index (χ0n) is 11.7. The third-order valence-electron chi connectivity index (χ3n) is 3.04. The second-order valence-electron chi connectivity index (χ2n) is 4.57. The topological polar surface area (TPSA) is 44.5 Å². The summed E-state index contributed by atoms with van der Waals surface area (Å²) < 4.78 is 24.3. The molecule has 0 unspecified atom stereocenters. The second kappa shape index (κ2) is 6.39. The molecular weight excluding hydrogens is 257 g/mol. The van der Waals surface area contributed by atoms with E-state index in [1.165, 1.54) is 6.07 Å². The molecule has 2 N–H and O–H groups in total. The molecule has 2 aromatic rings. The van der Waals surface area contributed by atoms with Gasteiger partial charge in [-0.25, -0.2) is 4.39 Å². The van der Waals surface area contributed by atoms with Gasteiger partial charge in [-0.1, -0.05) is 12.1 Å². The third kappa shape index (κ3) is 3.27. The molecule has 0 heterocycles. The minimum atomic E-state index is -0.288. The van der Waals surface area contributed by atoms with Gasteiger partial charge in [0.1, 0.15) is 12.4 Å². The lowest BCUT2D eigenvalue weighted by Crippen LogP contribution is -2.03. The van der Waals surface area contributed by atoms with Crippen molar-refractivity contribution in [1.29, 1.82) is 0 Å². The molecular formula is C16H18FNO2. The fraction of sp³-hybridized carbons (Fsp3) is 0.250. The fourth-order valence-corrected chi connectivity index (χ4v) is 1.93. The zero-order chi connectivity index (χ0) is 14.5. The summed E-state index contributed by atoms with van der Waals surface area (Å²) in [5.74, 6) is 1.06. The lowest BCUT2D eigenvalue weighted by molar-refractivity contribution is 0.284. The van der Waals surface area contributed by atoms with Crippen LogP contribution in [0.4, 0.5) is 4.39 Å². The molecule has 0 radical (unpaired) electrons. The summed E-state index contributed by atoms with van der Waals surface area (Å²) >= 11 is 0. The van der Waals surface area contributed by atoms with E-state index >= 15 is 0 Å². The molecule has 0 amide bonds. The predicted molar refractivity (Wildman–Crippen MR) is 76.4 cm³/mol. The average molecular weight is 275 g/mol. The first-order valence-corrected chi connectivity index (χ1v) is 6.39. The highest BCUT2D eigenvalue weighted by Gasteiger charge is 2.06. The highest BCUT2D eigenvalue weighted by molar-refractivity contribution is 5.42. The summed E-state index contributed by atoms with van der Waals surface area (Å²) in [6.45, 7) is 2.50. The molecule has 0 saturated carbocycles. The Morgan fingerprint density at radius 3 is 2.60 bits per heavy atom. The smallest absolute Gasteiger partial charge is 0.161 e. The molecule has 0 saturated heterocycles. The van der Waals surface area contributed by atoms with Crippen LogP contribution in [-0.2, 0) is 13.2 Å². The van der Waals surface area contributed by atoms with Crippen molar-refractivity contribution in [2.75, 3.05) is 7.11 Å². The minimum absolute atomic E-state index is 0.174. The summed E-state index contributed by atoms with van der Waals surface area (Å²) in [5, 5.41) is 0. The molecule has 0 spiro atoms. The Kier molecular flexibility index (Phi) is 4.58. The van der Waals surface area contributed by atoms with Crippen molar-refractivity contribution >= 4 is 0 Å². The SMILES string of the molecule is COc1cc(C)ccc1OCc1ccc(F)c(CN)c1. The Labute approximate surface area is 118 Å². The summed E-state index contributed by atoms with van der Waals surface area (Å²) in [7, 11) is 1.60. The summed E-state index contributed by atoms with van der Waals surface area (Å²) in [6, 6.07) is 10.5. The van der Waals surface area contributed by atoms with Crippen LogP contribution in [0.15, 0.2) is 36.4 Å². The lowest BCUT2D eigenvalue weighted by atomic mass is 10.1. The van der Waals surface area contributed by atoms with Crippen LogP contribution in [0.5, 0.6) is 11.5 Å². The number of halogens is 1. The number of rotatable bonds is 5. The first-order valence-electron chi connectivity index (χ1n) is 6.39. The van der Waals surface area contributed by atoms with Gasteiger partial charge >= 0.3 is 0 Å². The van der Waals surface area contributed by atoms with Gasteiger partial charge in [0.15, 0.2) is 11.5 Å². The highest BCUT2D eigenvalue weighted by Crippen LogP contribution is 2.28. The molecule has 0 fully saturated rings. The van der Waals surface area contributed by atoms with Crippen LogP contribution in [0, 0.1) is 12.7 Å². The summed E-state index contributed by atoms with van der Waals surface area (Å²) in [5.41, 5.74) is 7.94. The van der Waals surface area contributed by atoms with Crippen molar-refractivity contribution in [3.05, 3.63) is 58.9 Å². The van der Waals surface area contributed by atoms with Gasteiger partial charge in [0.25, 0.3) is 0 Å². The van der Waals surface area contributed by atoms with Crippen LogP contribution < -0.4 is 15.2 Å². The van der Waals surface area contributed by atoms with Gasteiger partial charge < -0.3 is 15.2 Å². The fourth-order valence-electron chi connectivity index (χ4n) is 1.93. The molecule has 2 rings (SSSR count). The van der Waals surface area contributed by atoms with E-state index in [2.05, 4.69) is 0 Å². The summed E-state index contributed by atoms with van der Waals surface area (Å²) in [6.07, 6.45) is 0. The van der Waals surface area contributed by atoms with Gasteiger partial charge in [0, 0.05) is 12.1 Å². The van der Waals surface area contributed by atoms with Crippen LogP contribution in [0.1, 0.15) is 16.7 Å². The molecule has 20 heavy (non-hydrogen) atoms. The van der Waals surface area contributed by atoms with E-state index in [9.17, 15) is 4.39 Å². The van der Waals surface area contributed by atoms with Crippen molar-refractivity contribution in [1.82, 2.24) is 0 Å². The van der Waals surface area contributed by atoms with Crippen LogP contribution in [0.3, 0.4) is 0 Å². The Bertz CT molecular complexity index is 599. The molecule has 2 aromatic carbocycles. The predicted octanol–water partition coefficient (Wildman–Crippen LogP) is 3.18.